The molecule has 0 unspecified atom stereocenters. The van der Waals surface area contributed by atoms with Crippen LogP contribution in [-0.2, 0) is 4.74 Å². The van der Waals surface area contributed by atoms with Gasteiger partial charge in [0.1, 0.15) is 0 Å². The minimum absolute atomic E-state index is 0. The molecule has 1 fully saturated rings. The molecule has 90 valence electrons. The molecule has 0 aromatic heterocycles. The number of halogens is 1. The van der Waals surface area contributed by atoms with Crippen LogP contribution in [0.3, 0.4) is 0 Å². The third-order valence-electron chi connectivity index (χ3n) is 1.23. The summed E-state index contributed by atoms with van der Waals surface area (Å²) in [5.74, 6) is 0. The van der Waals surface area contributed by atoms with Crippen LogP contribution in [-0.4, -0.2) is 35.6 Å². The van der Waals surface area contributed by atoms with E-state index in [1.54, 1.807) is 13.8 Å². The molecule has 14 heavy (non-hydrogen) atoms. The Kier molecular flexibility index (Phi) is 21.2. The lowest BCUT2D eigenvalue weighted by atomic mass is 10.2. The number of aliphatic hydroxyl groups excluding tert-OH is 2. The third kappa shape index (κ3) is 17.8. The lowest BCUT2D eigenvalue weighted by molar-refractivity contribution is 0.0591. The van der Waals surface area contributed by atoms with Crippen molar-refractivity contribution in [3.8, 4) is 0 Å². The van der Waals surface area contributed by atoms with E-state index in [2.05, 4.69) is 0 Å². The monoisotopic (exact) mass is 212 g/mol. The van der Waals surface area contributed by atoms with Crippen molar-refractivity contribution >= 4 is 0 Å². The fourth-order valence-electron chi connectivity index (χ4n) is 0.788. The average molecular weight is 212 g/mol. The van der Waals surface area contributed by atoms with Gasteiger partial charge < -0.3 is 14.9 Å². The Morgan fingerprint density at radius 2 is 1.79 bits per heavy atom. The van der Waals surface area contributed by atoms with Crippen LogP contribution in [0.5, 0.6) is 0 Å². The molecule has 2 N–H and O–H groups in total. The number of hydrogen-bond donors (Lipinski definition) is 2. The molecule has 0 aliphatic carbocycles. The Bertz CT molecular complexity index is 80.7. The zero-order chi connectivity index (χ0) is 10.7. The van der Waals surface area contributed by atoms with Crippen molar-refractivity contribution < 1.29 is 19.7 Å². The highest BCUT2D eigenvalue weighted by molar-refractivity contribution is 4.61. The fourth-order valence-corrected chi connectivity index (χ4v) is 0.788. The fraction of sp³-hybridized carbons (Fsp3) is 1.00. The van der Waals surface area contributed by atoms with Crippen molar-refractivity contribution in [3.63, 3.8) is 0 Å². The predicted molar refractivity (Wildman–Crippen MR) is 57.3 cm³/mol. The maximum Gasteiger partial charge on any atom is 0.0806 e. The maximum atomic E-state index is 8.44. The van der Waals surface area contributed by atoms with Gasteiger partial charge in [0.2, 0.25) is 0 Å². The molecule has 4 heteroatoms. The first-order chi connectivity index (χ1) is 6.16. The van der Waals surface area contributed by atoms with Gasteiger partial charge in [0.25, 0.3) is 0 Å². The van der Waals surface area contributed by atoms with E-state index < -0.39 is 0 Å². The molecule has 0 aromatic rings. The van der Waals surface area contributed by atoms with Gasteiger partial charge in [-0.15, -0.1) is 0 Å². The molecule has 3 nitrogen and oxygen atoms in total. The number of ether oxygens (including phenoxy) is 1. The molecular weight excluding hydrogens is 187 g/mol. The lowest BCUT2D eigenvalue weighted by Crippen LogP contribution is -2.09. The molecule has 0 aromatic carbocycles. The van der Waals surface area contributed by atoms with Crippen LogP contribution < -0.4 is 0 Å². The van der Waals surface area contributed by atoms with Crippen LogP contribution in [0.25, 0.3) is 0 Å². The molecule has 0 bridgehead atoms. The van der Waals surface area contributed by atoms with Crippen molar-refractivity contribution in [3.05, 3.63) is 0 Å². The van der Waals surface area contributed by atoms with Crippen molar-refractivity contribution in [2.75, 3.05) is 13.2 Å². The molecule has 0 amide bonds. The summed E-state index contributed by atoms with van der Waals surface area (Å²) in [6.45, 7) is 8.48. The molecule has 1 aliphatic rings. The molecule has 0 saturated carbocycles. The Morgan fingerprint density at radius 3 is 1.93 bits per heavy atom. The minimum Gasteiger partial charge on any atom is -0.394 e. The molecule has 0 radical (unpaired) electrons. The zero-order valence-electron chi connectivity index (χ0n) is 9.69. The molecule has 1 aliphatic heterocycles. The van der Waals surface area contributed by atoms with Gasteiger partial charge in [-0.3, -0.25) is 4.70 Å². The van der Waals surface area contributed by atoms with Crippen molar-refractivity contribution in [1.29, 1.82) is 0 Å². The van der Waals surface area contributed by atoms with Crippen LogP contribution in [0.2, 0.25) is 0 Å². The topological polar surface area (TPSA) is 49.7 Å². The second-order valence-electron chi connectivity index (χ2n) is 2.91. The summed E-state index contributed by atoms with van der Waals surface area (Å²) in [7, 11) is 0. The zero-order valence-corrected chi connectivity index (χ0v) is 9.69. The average Bonchev–Trinajstić information content (AvgIpc) is 2.58. The maximum absolute atomic E-state index is 8.44. The van der Waals surface area contributed by atoms with Crippen LogP contribution in [0.4, 0.5) is 4.70 Å². The first-order valence-electron chi connectivity index (χ1n) is 5.07. The van der Waals surface area contributed by atoms with E-state index in [4.69, 9.17) is 14.9 Å². The van der Waals surface area contributed by atoms with Gasteiger partial charge in [-0.25, -0.2) is 0 Å². The standard InChI is InChI=1S/C5H10O2.C3H8O.C2H6.FH/c6-4-5-2-1-3-7-5;1-3(2)4;1-2;/h5-6H,1-4H2;3-4H,1-2H3;1-2H3;1H/t5-;;;/m0.../s1. The van der Waals surface area contributed by atoms with Gasteiger partial charge in [-0.1, -0.05) is 13.8 Å². The summed E-state index contributed by atoms with van der Waals surface area (Å²) in [5.41, 5.74) is 0. The predicted octanol–water partition coefficient (Wildman–Crippen LogP) is 1.72. The van der Waals surface area contributed by atoms with Gasteiger partial charge in [0.05, 0.1) is 12.7 Å². The second kappa shape index (κ2) is 15.3. The molecule has 1 atom stereocenters. The molecule has 1 rings (SSSR count). The lowest BCUT2D eigenvalue weighted by Gasteiger charge is -2.00. The highest BCUT2D eigenvalue weighted by Gasteiger charge is 2.12. The Morgan fingerprint density at radius 1 is 1.36 bits per heavy atom. The highest BCUT2D eigenvalue weighted by Crippen LogP contribution is 2.09. The van der Waals surface area contributed by atoms with E-state index in [-0.39, 0.29) is 23.5 Å². The van der Waals surface area contributed by atoms with Gasteiger partial charge in [-0.05, 0) is 26.7 Å². The van der Waals surface area contributed by atoms with E-state index in [0.717, 1.165) is 19.4 Å². The minimum atomic E-state index is -0.167. The second-order valence-corrected chi connectivity index (χ2v) is 2.91. The van der Waals surface area contributed by atoms with Gasteiger partial charge >= 0.3 is 0 Å². The number of rotatable bonds is 1. The van der Waals surface area contributed by atoms with Gasteiger partial charge in [-0.2, -0.15) is 0 Å². The Labute approximate surface area is 86.5 Å². The first-order valence-corrected chi connectivity index (χ1v) is 5.07. The SMILES string of the molecule is CC.CC(C)O.F.OC[C@@H]1CCCO1. The van der Waals surface area contributed by atoms with Crippen LogP contribution >= 0.6 is 0 Å². The van der Waals surface area contributed by atoms with Crippen molar-refractivity contribution in [1.82, 2.24) is 0 Å². The number of aliphatic hydroxyl groups is 2. The van der Waals surface area contributed by atoms with E-state index in [1.807, 2.05) is 13.8 Å². The van der Waals surface area contributed by atoms with Crippen LogP contribution in [0.15, 0.2) is 0 Å². The third-order valence-corrected chi connectivity index (χ3v) is 1.23. The van der Waals surface area contributed by atoms with Crippen molar-refractivity contribution in [2.24, 2.45) is 0 Å². The highest BCUT2D eigenvalue weighted by atomic mass is 19.0. The van der Waals surface area contributed by atoms with E-state index in [1.165, 1.54) is 0 Å². The summed E-state index contributed by atoms with van der Waals surface area (Å²) in [6, 6.07) is 0. The largest absolute Gasteiger partial charge is 0.394 e. The normalized spacial score (nSPS) is 18.6. The summed E-state index contributed by atoms with van der Waals surface area (Å²) in [5, 5.41) is 16.5. The van der Waals surface area contributed by atoms with Gasteiger partial charge in [0.15, 0.2) is 0 Å². The van der Waals surface area contributed by atoms with E-state index in [9.17, 15) is 0 Å². The molecule has 1 saturated heterocycles. The summed E-state index contributed by atoms with van der Waals surface area (Å²) < 4.78 is 5.05. The number of hydrogen-bond acceptors (Lipinski definition) is 3. The Balaban J connectivity index is -0.000000152. The van der Waals surface area contributed by atoms with Gasteiger partial charge in [0, 0.05) is 12.7 Å². The van der Waals surface area contributed by atoms with Crippen LogP contribution in [0.1, 0.15) is 40.5 Å². The van der Waals surface area contributed by atoms with Crippen LogP contribution in [0, 0.1) is 0 Å². The van der Waals surface area contributed by atoms with E-state index in [0.29, 0.717) is 0 Å². The Hall–Kier alpha value is -0.190. The summed E-state index contributed by atoms with van der Waals surface area (Å²) in [6.07, 6.45) is 2.14. The summed E-state index contributed by atoms with van der Waals surface area (Å²) >= 11 is 0. The first kappa shape index (κ1) is 19.4. The quantitative estimate of drug-likeness (QED) is 0.696. The molecule has 1 heterocycles. The van der Waals surface area contributed by atoms with E-state index >= 15 is 0 Å². The molecule has 0 spiro atoms. The molecular formula is C10H25FO3. The smallest absolute Gasteiger partial charge is 0.0806 e. The van der Waals surface area contributed by atoms with Crippen molar-refractivity contribution in [2.45, 2.75) is 52.7 Å². The summed E-state index contributed by atoms with van der Waals surface area (Å²) in [4.78, 5) is 0.